The van der Waals surface area contributed by atoms with E-state index in [9.17, 15) is 5.11 Å². The number of nitrogens with zero attached hydrogens (tertiary/aromatic N) is 4. The Balaban J connectivity index is 1.49. The lowest BCUT2D eigenvalue weighted by Crippen LogP contribution is -2.38. The molecule has 0 amide bonds. The second-order valence-electron chi connectivity index (χ2n) is 8.37. The zero-order valence-electron chi connectivity index (χ0n) is 17.6. The van der Waals surface area contributed by atoms with Crippen LogP contribution in [0.4, 0.5) is 0 Å². The second-order valence-corrected chi connectivity index (χ2v) is 8.37. The summed E-state index contributed by atoms with van der Waals surface area (Å²) in [5.74, 6) is 0.792. The Labute approximate surface area is 176 Å². The Morgan fingerprint density at radius 3 is 2.97 bits per heavy atom. The average molecular weight is 405 g/mol. The van der Waals surface area contributed by atoms with Crippen molar-refractivity contribution in [2.24, 2.45) is 0 Å². The lowest BCUT2D eigenvalue weighted by Gasteiger charge is -2.36. The summed E-state index contributed by atoms with van der Waals surface area (Å²) in [7, 11) is 0. The van der Waals surface area contributed by atoms with E-state index >= 15 is 0 Å². The molecule has 1 aromatic carbocycles. The van der Waals surface area contributed by atoms with Gasteiger partial charge in [-0.15, -0.1) is 6.58 Å². The number of aromatic hydroxyl groups is 1. The number of phenols is 1. The summed E-state index contributed by atoms with van der Waals surface area (Å²) >= 11 is 0. The lowest BCUT2D eigenvalue weighted by molar-refractivity contribution is 0.165. The van der Waals surface area contributed by atoms with Crippen molar-refractivity contribution in [3.63, 3.8) is 0 Å². The van der Waals surface area contributed by atoms with Crippen LogP contribution in [0.15, 0.2) is 37.1 Å². The first-order valence-electron chi connectivity index (χ1n) is 10.8. The van der Waals surface area contributed by atoms with Crippen LogP contribution in [0.5, 0.6) is 11.5 Å². The van der Waals surface area contributed by atoms with Gasteiger partial charge in [-0.3, -0.25) is 4.90 Å². The van der Waals surface area contributed by atoms with E-state index in [0.29, 0.717) is 30.9 Å². The minimum Gasteiger partial charge on any atom is -0.504 e. The van der Waals surface area contributed by atoms with Crippen LogP contribution in [0, 0.1) is 6.92 Å². The quantitative estimate of drug-likeness (QED) is 0.626. The molecule has 2 aliphatic rings. The molecule has 5 rings (SSSR count). The summed E-state index contributed by atoms with van der Waals surface area (Å²) in [6, 6.07) is 6.96. The van der Waals surface area contributed by atoms with E-state index in [1.807, 2.05) is 36.6 Å². The van der Waals surface area contributed by atoms with Gasteiger partial charge in [-0.05, 0) is 44.7 Å². The molecule has 1 N–H and O–H groups in total. The highest BCUT2D eigenvalue weighted by molar-refractivity contribution is 5.49. The van der Waals surface area contributed by atoms with Gasteiger partial charge in [0.1, 0.15) is 0 Å². The topological polar surface area (TPSA) is 62.9 Å². The van der Waals surface area contributed by atoms with Crippen molar-refractivity contribution in [1.29, 1.82) is 0 Å². The van der Waals surface area contributed by atoms with Gasteiger partial charge in [0, 0.05) is 48.4 Å². The number of rotatable bonds is 6. The predicted molar refractivity (Wildman–Crippen MR) is 116 cm³/mol. The van der Waals surface area contributed by atoms with Crippen LogP contribution >= 0.6 is 0 Å². The molecule has 1 fully saturated rings. The van der Waals surface area contributed by atoms with Gasteiger partial charge < -0.3 is 9.84 Å². The molecule has 156 valence electrons. The van der Waals surface area contributed by atoms with Crippen molar-refractivity contribution >= 4 is 5.65 Å². The molecule has 0 unspecified atom stereocenters. The number of aromatic nitrogens is 3. The molecule has 2 aromatic heterocycles. The summed E-state index contributed by atoms with van der Waals surface area (Å²) in [5, 5.41) is 15.2. The Bertz CT molecular complexity index is 1120. The monoisotopic (exact) mass is 404 g/mol. The first-order valence-corrected chi connectivity index (χ1v) is 10.8. The Morgan fingerprint density at radius 1 is 1.30 bits per heavy atom. The molecular weight excluding hydrogens is 376 g/mol. The SMILES string of the molecule is C=CCc1cc(CN2[C@H]3CC[C@H]2c2cnc4cc(C)nn4c2C3)cc(OCC)c1O. The Morgan fingerprint density at radius 2 is 2.17 bits per heavy atom. The fourth-order valence-corrected chi connectivity index (χ4v) is 5.15. The van der Waals surface area contributed by atoms with Crippen molar-refractivity contribution in [1.82, 2.24) is 19.5 Å². The number of benzene rings is 1. The van der Waals surface area contributed by atoms with E-state index in [2.05, 4.69) is 33.8 Å². The number of phenolic OH excluding ortho intramolecular Hbond substituents is 1. The zero-order valence-corrected chi connectivity index (χ0v) is 17.6. The van der Waals surface area contributed by atoms with Gasteiger partial charge in [0.05, 0.1) is 18.0 Å². The molecule has 0 saturated carbocycles. The Kier molecular flexibility index (Phi) is 4.74. The summed E-state index contributed by atoms with van der Waals surface area (Å²) in [6.45, 7) is 9.14. The summed E-state index contributed by atoms with van der Waals surface area (Å²) < 4.78 is 7.75. The van der Waals surface area contributed by atoms with Gasteiger partial charge in [-0.1, -0.05) is 12.1 Å². The molecule has 4 heterocycles. The van der Waals surface area contributed by atoms with Crippen molar-refractivity contribution in [3.05, 3.63) is 65.1 Å². The van der Waals surface area contributed by atoms with Crippen LogP contribution in [0.2, 0.25) is 0 Å². The first kappa shape index (κ1) is 19.1. The van der Waals surface area contributed by atoms with Crippen LogP contribution in [0.3, 0.4) is 0 Å². The highest BCUT2D eigenvalue weighted by Crippen LogP contribution is 2.45. The van der Waals surface area contributed by atoms with E-state index in [4.69, 9.17) is 4.74 Å². The van der Waals surface area contributed by atoms with Crippen LogP contribution in [0.25, 0.3) is 5.65 Å². The van der Waals surface area contributed by atoms with Gasteiger partial charge in [0.25, 0.3) is 0 Å². The van der Waals surface area contributed by atoms with Gasteiger partial charge in [-0.25, -0.2) is 9.50 Å². The third kappa shape index (κ3) is 3.06. The Hall–Kier alpha value is -2.86. The molecule has 30 heavy (non-hydrogen) atoms. The molecule has 3 aromatic rings. The minimum absolute atomic E-state index is 0.230. The lowest BCUT2D eigenvalue weighted by atomic mass is 9.97. The van der Waals surface area contributed by atoms with E-state index in [1.165, 1.54) is 17.7 Å². The molecule has 6 nitrogen and oxygen atoms in total. The van der Waals surface area contributed by atoms with Gasteiger partial charge in [0.2, 0.25) is 0 Å². The number of allylic oxidation sites excluding steroid dienone is 1. The standard InChI is InChI=1S/C24H28N4O2/c1-4-6-17-10-16(11-22(24(17)29)30-5-2)14-27-18-7-8-20(27)19-13-25-23-9-15(3)26-28(23)21(19)12-18/h4,9-11,13,18,20,29H,1,5-8,12,14H2,2-3H3/t18-,20-/m0/s1. The third-order valence-electron chi connectivity index (χ3n) is 6.41. The molecule has 2 aliphatic heterocycles. The molecule has 1 saturated heterocycles. The number of ether oxygens (including phenoxy) is 1. The molecule has 0 spiro atoms. The predicted octanol–water partition coefficient (Wildman–Crippen LogP) is 4.13. The normalized spacial score (nSPS) is 20.5. The molecular formula is C24H28N4O2. The molecule has 2 bridgehead atoms. The maximum atomic E-state index is 10.5. The molecule has 0 aliphatic carbocycles. The van der Waals surface area contributed by atoms with E-state index in [0.717, 1.165) is 41.9 Å². The summed E-state index contributed by atoms with van der Waals surface area (Å²) in [6.07, 6.45) is 7.80. The first-order chi connectivity index (χ1) is 14.6. The molecule has 2 atom stereocenters. The highest BCUT2D eigenvalue weighted by Gasteiger charge is 2.41. The number of fused-ring (bicyclic) bond motifs is 6. The van der Waals surface area contributed by atoms with Gasteiger partial charge >= 0.3 is 0 Å². The number of hydrogen-bond donors (Lipinski definition) is 1. The van der Waals surface area contributed by atoms with Crippen molar-refractivity contribution in [2.45, 2.75) is 58.2 Å². The largest absolute Gasteiger partial charge is 0.504 e. The van der Waals surface area contributed by atoms with E-state index in [-0.39, 0.29) is 5.75 Å². The number of hydrogen-bond acceptors (Lipinski definition) is 5. The maximum Gasteiger partial charge on any atom is 0.161 e. The zero-order chi connectivity index (χ0) is 20.8. The van der Waals surface area contributed by atoms with Crippen LogP contribution < -0.4 is 4.74 Å². The summed E-state index contributed by atoms with van der Waals surface area (Å²) in [4.78, 5) is 7.26. The smallest absolute Gasteiger partial charge is 0.161 e. The van der Waals surface area contributed by atoms with E-state index < -0.39 is 0 Å². The van der Waals surface area contributed by atoms with Crippen LogP contribution in [0.1, 0.15) is 53.9 Å². The highest BCUT2D eigenvalue weighted by atomic mass is 16.5. The fourth-order valence-electron chi connectivity index (χ4n) is 5.15. The average Bonchev–Trinajstić information content (AvgIpc) is 3.23. The summed E-state index contributed by atoms with van der Waals surface area (Å²) in [5.41, 5.74) is 6.59. The maximum absolute atomic E-state index is 10.5. The fraction of sp³-hybridized carbons (Fsp3) is 0.417. The van der Waals surface area contributed by atoms with Gasteiger partial charge in [-0.2, -0.15) is 5.10 Å². The second kappa shape index (κ2) is 7.43. The molecule has 6 heteroatoms. The van der Waals surface area contributed by atoms with Crippen molar-refractivity contribution in [2.75, 3.05) is 6.61 Å². The minimum atomic E-state index is 0.230. The third-order valence-corrected chi connectivity index (χ3v) is 6.41. The van der Waals surface area contributed by atoms with Crippen LogP contribution in [-0.4, -0.2) is 37.3 Å². The van der Waals surface area contributed by atoms with Crippen LogP contribution in [-0.2, 0) is 19.4 Å². The van der Waals surface area contributed by atoms with Crippen molar-refractivity contribution < 1.29 is 9.84 Å². The number of aryl methyl sites for hydroxylation is 1. The van der Waals surface area contributed by atoms with Crippen molar-refractivity contribution in [3.8, 4) is 11.5 Å². The molecule has 0 radical (unpaired) electrons. The van der Waals surface area contributed by atoms with E-state index in [1.54, 1.807) is 0 Å². The van der Waals surface area contributed by atoms with Gasteiger partial charge in [0.15, 0.2) is 17.1 Å².